The average Bonchev–Trinajstić information content (AvgIpc) is 2.39. The molecule has 2 unspecified atom stereocenters. The fraction of sp³-hybridized carbons (Fsp3) is 0.812. The maximum Gasteiger partial charge on any atom is 0.335 e. The number of carbonyl (C=O) groups is 1. The van der Waals surface area contributed by atoms with E-state index in [0.29, 0.717) is 5.57 Å². The van der Waals surface area contributed by atoms with Crippen LogP contribution in [0.25, 0.3) is 0 Å². The van der Waals surface area contributed by atoms with Gasteiger partial charge < -0.3 is 18.4 Å². The number of rotatable bonds is 6. The third kappa shape index (κ3) is 4.82. The van der Waals surface area contributed by atoms with Crippen molar-refractivity contribution in [3.63, 3.8) is 0 Å². The molecule has 0 saturated carbocycles. The topological polar surface area (TPSA) is 65.0 Å². The Labute approximate surface area is 158 Å². The summed E-state index contributed by atoms with van der Waals surface area (Å²) in [5, 5.41) is -1.14. The van der Waals surface area contributed by atoms with E-state index in [-0.39, 0.29) is 5.60 Å². The van der Waals surface area contributed by atoms with Crippen LogP contribution in [0.4, 0.5) is 0 Å². The molecule has 146 valence electrons. The number of hydrogen-bond acceptors (Lipinski definition) is 5. The molecule has 1 saturated heterocycles. The van der Waals surface area contributed by atoms with Gasteiger partial charge in [0.15, 0.2) is 28.8 Å². The summed E-state index contributed by atoms with van der Waals surface area (Å²) in [6, 6.07) is 0.931. The van der Waals surface area contributed by atoms with Crippen LogP contribution in [0.3, 0.4) is 0 Å². The van der Waals surface area contributed by atoms with Gasteiger partial charge >= 0.3 is 5.97 Å². The minimum atomic E-state index is -2.39. The van der Waals surface area contributed by atoms with Crippen LogP contribution in [0, 0.1) is 0 Å². The molecule has 1 fully saturated rings. The van der Waals surface area contributed by atoms with E-state index in [1.165, 1.54) is 0 Å². The Balaban J connectivity index is 3.48. The Kier molecular flexibility index (Phi) is 6.60. The summed E-state index contributed by atoms with van der Waals surface area (Å²) >= 11 is 0. The van der Waals surface area contributed by atoms with Gasteiger partial charge in [0.25, 0.3) is 0 Å². The van der Waals surface area contributed by atoms with Crippen molar-refractivity contribution in [1.29, 1.82) is 0 Å². The predicted octanol–water partition coefficient (Wildman–Crippen LogP) is 2.79. The van der Waals surface area contributed by atoms with Gasteiger partial charge in [0.2, 0.25) is 9.76 Å². The molecule has 0 spiro atoms. The predicted molar refractivity (Wildman–Crippen MR) is 113 cm³/mol. The van der Waals surface area contributed by atoms with Crippen LogP contribution in [-0.4, -0.2) is 54.9 Å². The van der Waals surface area contributed by atoms with E-state index in [1.54, 1.807) is 6.92 Å². The summed E-state index contributed by atoms with van der Waals surface area (Å²) in [6.07, 6.45) is 0.891. The van der Waals surface area contributed by atoms with Gasteiger partial charge in [-0.2, -0.15) is 0 Å². The smallest absolute Gasteiger partial charge is 0.335 e. The lowest BCUT2D eigenvalue weighted by Crippen LogP contribution is -2.80. The van der Waals surface area contributed by atoms with Crippen LogP contribution < -0.4 is 0 Å². The highest BCUT2D eigenvalue weighted by Gasteiger charge is 2.67. The first-order valence-corrected chi connectivity index (χ1v) is 20.3. The summed E-state index contributed by atoms with van der Waals surface area (Å²) in [5.41, 5.74) is 0.155. The number of ether oxygens (including phenoxy) is 1. The molecule has 25 heavy (non-hydrogen) atoms. The molecule has 1 heterocycles. The minimum absolute atomic E-state index is 0.178. The quantitative estimate of drug-likeness (QED) is 0.310. The number of esters is 1. The van der Waals surface area contributed by atoms with Crippen LogP contribution in [0.1, 0.15) is 27.2 Å². The zero-order valence-corrected chi connectivity index (χ0v) is 21.8. The highest BCUT2D eigenvalue weighted by molar-refractivity contribution is 7.41. The van der Waals surface area contributed by atoms with Crippen molar-refractivity contribution in [3.8, 4) is 0 Å². The summed E-state index contributed by atoms with van der Waals surface area (Å²) in [7, 11) is -8.50. The van der Waals surface area contributed by atoms with Crippen LogP contribution >= 0.6 is 0 Å². The fourth-order valence-electron chi connectivity index (χ4n) is 3.57. The average molecular weight is 421 g/mol. The van der Waals surface area contributed by atoms with E-state index >= 15 is 0 Å². The first kappa shape index (κ1) is 23.0. The van der Waals surface area contributed by atoms with Gasteiger partial charge in [0.05, 0.1) is 5.60 Å². The lowest BCUT2D eigenvalue weighted by atomic mass is 10.1. The fourth-order valence-corrected chi connectivity index (χ4v) is 26.7. The second-order valence-corrected chi connectivity index (χ2v) is 30.0. The van der Waals surface area contributed by atoms with Gasteiger partial charge in [0, 0.05) is 5.57 Å². The Morgan fingerprint density at radius 2 is 1.84 bits per heavy atom. The Bertz CT molecular complexity index is 543. The van der Waals surface area contributed by atoms with Crippen molar-refractivity contribution >= 4 is 39.5 Å². The van der Waals surface area contributed by atoms with Gasteiger partial charge in [-0.1, -0.05) is 13.1 Å². The summed E-state index contributed by atoms with van der Waals surface area (Å²) in [6.45, 7) is 22.4. The van der Waals surface area contributed by atoms with Crippen LogP contribution in [-0.2, 0) is 18.4 Å². The third-order valence-corrected chi connectivity index (χ3v) is 28.3. The van der Waals surface area contributed by atoms with Gasteiger partial charge in [-0.25, -0.2) is 4.79 Å². The molecule has 0 radical (unpaired) electrons. The second-order valence-electron chi connectivity index (χ2n) is 9.50. The van der Waals surface area contributed by atoms with Crippen molar-refractivity contribution in [2.45, 2.75) is 83.2 Å². The first-order valence-electron chi connectivity index (χ1n) is 8.91. The third-order valence-electron chi connectivity index (χ3n) is 5.21. The molecule has 0 bridgehead atoms. The van der Waals surface area contributed by atoms with Crippen molar-refractivity contribution in [1.82, 2.24) is 0 Å². The lowest BCUT2D eigenvalue weighted by molar-refractivity contribution is -0.158. The Morgan fingerprint density at radius 3 is 2.20 bits per heavy atom. The number of hydrogen-bond donors (Lipinski definition) is 1. The van der Waals surface area contributed by atoms with E-state index in [2.05, 4.69) is 59.7 Å². The molecule has 1 rings (SSSR count). The molecule has 2 atom stereocenters. The highest BCUT2D eigenvalue weighted by Crippen LogP contribution is 2.46. The second kappa shape index (κ2) is 7.17. The molecule has 9 heteroatoms. The number of carbonyl (C=O) groups excluding carboxylic acids is 1. The summed E-state index contributed by atoms with van der Waals surface area (Å²) in [5.74, 6) is -0.469. The monoisotopic (exact) mass is 420 g/mol. The molecule has 1 aliphatic heterocycles. The van der Waals surface area contributed by atoms with Gasteiger partial charge in [-0.15, -0.1) is 0 Å². The van der Waals surface area contributed by atoms with E-state index in [4.69, 9.17) is 13.6 Å². The van der Waals surface area contributed by atoms with E-state index in [0.717, 1.165) is 12.5 Å². The van der Waals surface area contributed by atoms with E-state index < -0.39 is 44.5 Å². The zero-order valence-electron chi connectivity index (χ0n) is 17.4. The Hall–Kier alpha value is -0.0425. The molecular weight excluding hydrogens is 385 g/mol. The zero-order chi connectivity index (χ0) is 19.9. The van der Waals surface area contributed by atoms with E-state index in [1.807, 2.05) is 0 Å². The first-order chi connectivity index (χ1) is 11.0. The molecule has 5 nitrogen and oxygen atoms in total. The van der Waals surface area contributed by atoms with Crippen LogP contribution in [0.2, 0.25) is 45.3 Å². The van der Waals surface area contributed by atoms with Crippen LogP contribution in [0.15, 0.2) is 12.2 Å². The lowest BCUT2D eigenvalue weighted by Gasteiger charge is -2.58. The standard InChI is InChI=1S/C16H36O5Si4/c1-13(2)14(17)19-16(22-18,21-23(5,6)7)25(10)12-11-15(3,4)20-24(25,8)9/h18H,1,11-12,22H2,2-10H3. The molecule has 1 N–H and O–H groups in total. The molecule has 0 amide bonds. The van der Waals surface area contributed by atoms with Crippen molar-refractivity contribution in [2.24, 2.45) is 0 Å². The maximum absolute atomic E-state index is 12.4. The molecular formula is C16H36O5Si4. The van der Waals surface area contributed by atoms with Crippen LogP contribution in [0.5, 0.6) is 0 Å². The molecule has 0 aromatic rings. The van der Waals surface area contributed by atoms with Gasteiger partial charge in [-0.05, 0) is 66.0 Å². The van der Waals surface area contributed by atoms with E-state index in [9.17, 15) is 9.59 Å². The van der Waals surface area contributed by atoms with Crippen molar-refractivity contribution in [2.75, 3.05) is 0 Å². The molecule has 1 aliphatic rings. The SMILES string of the molecule is C=C(C)C(=O)OC(O[Si](C)(C)C)([SiH2]O)[Si]1(C)CCC(C)(C)O[Si]1(C)C. The molecule has 0 aromatic heterocycles. The minimum Gasteiger partial charge on any atom is -0.437 e. The highest BCUT2D eigenvalue weighted by atomic mass is 29.3. The molecule has 0 aromatic carbocycles. The largest absolute Gasteiger partial charge is 0.437 e. The van der Waals surface area contributed by atoms with Gasteiger partial charge in [0.1, 0.15) is 0 Å². The van der Waals surface area contributed by atoms with Crippen molar-refractivity contribution in [3.05, 3.63) is 12.2 Å². The Morgan fingerprint density at radius 1 is 1.32 bits per heavy atom. The van der Waals surface area contributed by atoms with Crippen molar-refractivity contribution < 1.29 is 23.2 Å². The summed E-state index contributed by atoms with van der Waals surface area (Å²) < 4.78 is 19.1. The normalized spacial score (nSPS) is 28.6. The summed E-state index contributed by atoms with van der Waals surface area (Å²) in [4.78, 5) is 23.0. The molecule has 0 aliphatic carbocycles. The van der Waals surface area contributed by atoms with Gasteiger partial charge in [-0.3, -0.25) is 0 Å². The maximum atomic E-state index is 12.4.